The summed E-state index contributed by atoms with van der Waals surface area (Å²) in [5.41, 5.74) is 7.77. The van der Waals surface area contributed by atoms with E-state index < -0.39 is 162 Å². The number of nitrogens with one attached hydrogen (secondary N) is 11. The van der Waals surface area contributed by atoms with E-state index >= 15 is 24.0 Å². The van der Waals surface area contributed by atoms with Crippen LogP contribution in [0.2, 0.25) is 5.02 Å². The summed E-state index contributed by atoms with van der Waals surface area (Å²) in [6.45, 7) is 10.2. The van der Waals surface area contributed by atoms with Crippen LogP contribution in [0.15, 0.2) is 140 Å². The number of likely N-dealkylation sites (tertiary alicyclic amines) is 1. The van der Waals surface area contributed by atoms with Crippen LogP contribution < -0.4 is 64.2 Å². The molecule has 12 amide bonds. The molecule has 2 aromatic heterocycles. The Bertz CT molecular complexity index is 4390. The van der Waals surface area contributed by atoms with E-state index in [1.807, 2.05) is 64.1 Å². The number of hydrogen-bond acceptors (Lipinski definition) is 19. The number of rotatable bonds is 46. The SMILES string of the molecule is CC(C)CC(NC(=O)C(CCCCNC(=O)c1cccnc1)NC(=O)C(Cc1ccc(O)cc1)C(C)C(=O)C(CO)NC(=O)C(Cc1cccnc1)NC(=O)C(Cc1ccc(Cl)cc1)NC(=O)C(Cc1ccc2ccccc2c1)NC(=O)CNC(=O)C1CCCO1)C(=O)NC(CCCCNC(C)C)C(=O)N1CCCC1C(=O)NC(C)C(N)=O. The summed E-state index contributed by atoms with van der Waals surface area (Å²) in [5, 5.41) is 54.6. The molecule has 8 rings (SSSR count). The van der Waals surface area contributed by atoms with Gasteiger partial charge in [0.15, 0.2) is 5.78 Å². The third-order valence-corrected chi connectivity index (χ3v) is 21.0. The van der Waals surface area contributed by atoms with Crippen molar-refractivity contribution in [3.8, 4) is 5.75 Å². The zero-order valence-electron chi connectivity index (χ0n) is 67.6. The van der Waals surface area contributed by atoms with E-state index in [1.165, 1.54) is 67.8 Å². The molecule has 32 heteroatoms. The Labute approximate surface area is 692 Å². The zero-order valence-corrected chi connectivity index (χ0v) is 68.4. The minimum absolute atomic E-state index is 0.0318. The van der Waals surface area contributed by atoms with E-state index in [-0.39, 0.29) is 95.0 Å². The van der Waals surface area contributed by atoms with Gasteiger partial charge < -0.3 is 84.1 Å². The van der Waals surface area contributed by atoms with Crippen molar-refractivity contribution in [3.63, 3.8) is 0 Å². The average Bonchev–Trinajstić information content (AvgIpc) is 1.44. The van der Waals surface area contributed by atoms with Crippen molar-refractivity contribution < 1.29 is 77.3 Å². The molecule has 2 saturated heterocycles. The Hall–Kier alpha value is -11.3. The largest absolute Gasteiger partial charge is 0.508 e. The molecule has 2 aliphatic heterocycles. The smallest absolute Gasteiger partial charge is 0.252 e. The molecule has 2 aliphatic rings. The first-order chi connectivity index (χ1) is 56.5. The summed E-state index contributed by atoms with van der Waals surface area (Å²) < 4.78 is 5.49. The number of phenols is 1. The van der Waals surface area contributed by atoms with Crippen molar-refractivity contribution in [2.45, 2.75) is 204 Å². The first-order valence-corrected chi connectivity index (χ1v) is 40.8. The van der Waals surface area contributed by atoms with E-state index in [2.05, 4.69) is 68.5 Å². The molecule has 0 aliphatic carbocycles. The van der Waals surface area contributed by atoms with Crippen molar-refractivity contribution in [2.75, 3.05) is 39.4 Å². The van der Waals surface area contributed by atoms with Gasteiger partial charge in [-0.05, 0) is 172 Å². The zero-order chi connectivity index (χ0) is 85.4. The highest BCUT2D eigenvalue weighted by Crippen LogP contribution is 2.26. The number of nitrogens with zero attached hydrogens (tertiary/aromatic N) is 3. The molecule has 12 unspecified atom stereocenters. The molecule has 4 aromatic carbocycles. The Kier molecular flexibility index (Phi) is 36.4. The molecular weight excluding hydrogens is 1530 g/mol. The predicted octanol–water partition coefficient (Wildman–Crippen LogP) is 3.56. The highest BCUT2D eigenvalue weighted by atomic mass is 35.5. The fourth-order valence-electron chi connectivity index (χ4n) is 14.1. The second-order valence-corrected chi connectivity index (χ2v) is 31.3. The van der Waals surface area contributed by atoms with Crippen molar-refractivity contribution >= 4 is 99.0 Å². The van der Waals surface area contributed by atoms with Crippen LogP contribution in [0.5, 0.6) is 5.75 Å². The number of aliphatic hydroxyl groups is 1. The Morgan fingerprint density at radius 3 is 1.74 bits per heavy atom. The average molecular weight is 1650 g/mol. The number of ether oxygens (including phenoxy) is 1. The van der Waals surface area contributed by atoms with Gasteiger partial charge in [0.25, 0.3) is 5.91 Å². The molecule has 15 N–H and O–H groups in total. The van der Waals surface area contributed by atoms with Gasteiger partial charge in [-0.1, -0.05) is 119 Å². The Balaban J connectivity index is 1.06. The number of carbonyl (C=O) groups excluding carboxylic acids is 13. The molecule has 0 saturated carbocycles. The number of Topliss-reactive ketones (excluding diaryl/α,β-unsaturated/α-hetero) is 1. The third-order valence-electron chi connectivity index (χ3n) is 20.8. The molecule has 0 bridgehead atoms. The molecule has 12 atom stereocenters. The van der Waals surface area contributed by atoms with E-state index in [0.29, 0.717) is 78.1 Å². The molecular formula is C86H112ClN15O16. The number of phenolic OH excluding ortho intramolecular Hbond substituents is 1. The summed E-state index contributed by atoms with van der Waals surface area (Å²) in [4.78, 5) is 196. The number of pyridine rings is 2. The van der Waals surface area contributed by atoms with Crippen molar-refractivity contribution in [2.24, 2.45) is 23.5 Å². The summed E-state index contributed by atoms with van der Waals surface area (Å²) in [6.07, 6.45) is 7.78. The van der Waals surface area contributed by atoms with Crippen molar-refractivity contribution in [1.29, 1.82) is 0 Å². The molecule has 2 fully saturated rings. The second kappa shape index (κ2) is 46.6. The van der Waals surface area contributed by atoms with E-state index in [9.17, 15) is 48.6 Å². The van der Waals surface area contributed by atoms with Gasteiger partial charge in [0.05, 0.1) is 24.6 Å². The number of ketones is 1. The van der Waals surface area contributed by atoms with Gasteiger partial charge in [0, 0.05) is 80.7 Å². The maximum atomic E-state index is 15.5. The highest BCUT2D eigenvalue weighted by Gasteiger charge is 2.42. The van der Waals surface area contributed by atoms with Crippen molar-refractivity contribution in [1.82, 2.24) is 73.4 Å². The number of benzene rings is 4. The predicted molar refractivity (Wildman–Crippen MR) is 441 cm³/mol. The lowest BCUT2D eigenvalue weighted by Gasteiger charge is -2.31. The van der Waals surface area contributed by atoms with Gasteiger partial charge >= 0.3 is 0 Å². The fourth-order valence-corrected chi connectivity index (χ4v) is 14.3. The number of hydrogen-bond donors (Lipinski definition) is 14. The first kappa shape index (κ1) is 92.2. The topological polar surface area (TPSA) is 459 Å². The number of unbranched alkanes of at least 4 members (excludes halogenated alkanes) is 2. The number of aromatic nitrogens is 2. The standard InChI is InChI=1S/C86H112ClN15O16/c1-51(2)41-67(80(111)97-66(22-10-11-37-91-52(3)4)86(117)102-39-15-23-72(102)84(115)94-54(6)76(88)107)98-79(110)65(21-9-12-38-92-77(108)61-20-14-36-90-48-61)96-78(109)64(43-55-28-33-63(104)34-29-55)53(5)75(106)71(50-103)101-83(114)70(46-58-17-13-35-89-47-58)100-82(113)69(44-56-26-31-62(87)32-27-56)99-81(112)68(45-57-25-30-59-18-7-8-19-60(59)42-57)95-74(105)49-93-85(116)73-24-16-40-118-73/h7-8,13-14,17-20,25-36,42,47-48,51-54,64-73,91,103-104H,9-12,15-16,21-24,37-41,43-46,49-50H2,1-6H3,(H2,88,107)(H,92,108)(H,93,116)(H,94,115)(H,95,105)(H,96,109)(H,97,111)(H,98,110)(H,99,112)(H,100,113)(H,101,114). The van der Waals surface area contributed by atoms with Crippen LogP contribution in [0.4, 0.5) is 0 Å². The number of fused-ring (bicyclic) bond motifs is 1. The van der Waals surface area contributed by atoms with Crippen LogP contribution >= 0.6 is 11.6 Å². The minimum atomic E-state index is -1.78. The first-order valence-electron chi connectivity index (χ1n) is 40.4. The van der Waals surface area contributed by atoms with Crippen LogP contribution in [0, 0.1) is 17.8 Å². The lowest BCUT2D eigenvalue weighted by Crippen LogP contribution is -2.60. The molecule has 0 radical (unpaired) electrons. The molecule has 31 nitrogen and oxygen atoms in total. The second-order valence-electron chi connectivity index (χ2n) is 30.9. The number of aliphatic hydroxyl groups excluding tert-OH is 1. The van der Waals surface area contributed by atoms with Gasteiger partial charge in [-0.25, -0.2) is 0 Å². The number of primary amides is 1. The summed E-state index contributed by atoms with van der Waals surface area (Å²) in [7, 11) is 0. The maximum Gasteiger partial charge on any atom is 0.252 e. The maximum absolute atomic E-state index is 15.5. The van der Waals surface area contributed by atoms with Crippen LogP contribution in [-0.4, -0.2) is 208 Å². The number of carbonyl (C=O) groups is 13. The van der Waals surface area contributed by atoms with Gasteiger partial charge in [0.2, 0.25) is 65.0 Å². The van der Waals surface area contributed by atoms with Gasteiger partial charge in [-0.2, -0.15) is 0 Å². The lowest BCUT2D eigenvalue weighted by molar-refractivity contribution is -0.142. The lowest BCUT2D eigenvalue weighted by atomic mass is 9.82. The van der Waals surface area contributed by atoms with Gasteiger partial charge in [-0.3, -0.25) is 72.3 Å². The van der Waals surface area contributed by atoms with Gasteiger partial charge in [-0.15, -0.1) is 0 Å². The minimum Gasteiger partial charge on any atom is -0.508 e. The molecule has 0 spiro atoms. The van der Waals surface area contributed by atoms with E-state index in [1.54, 1.807) is 54.6 Å². The highest BCUT2D eigenvalue weighted by molar-refractivity contribution is 6.30. The van der Waals surface area contributed by atoms with E-state index in [4.69, 9.17) is 22.1 Å². The fraction of sp³-hybridized carbons (Fsp3) is 0.477. The van der Waals surface area contributed by atoms with Crippen molar-refractivity contribution in [3.05, 3.63) is 173 Å². The number of halogens is 1. The summed E-state index contributed by atoms with van der Waals surface area (Å²) in [5.74, 6) is -12.8. The Morgan fingerprint density at radius 1 is 0.542 bits per heavy atom. The van der Waals surface area contributed by atoms with E-state index in [0.717, 1.165) is 10.8 Å². The van der Waals surface area contributed by atoms with Crippen LogP contribution in [-0.2, 0) is 88.0 Å². The Morgan fingerprint density at radius 2 is 1.11 bits per heavy atom. The number of nitrogens with two attached hydrogens (primary N) is 1. The van der Waals surface area contributed by atoms with Crippen LogP contribution in [0.1, 0.15) is 145 Å². The van der Waals surface area contributed by atoms with Crippen LogP contribution in [0.3, 0.4) is 0 Å². The molecule has 634 valence electrons. The molecule has 4 heterocycles. The summed E-state index contributed by atoms with van der Waals surface area (Å²) in [6, 6.07) is 19.6. The third kappa shape index (κ3) is 29.1. The normalized spacial score (nSPS) is 16.4. The number of amides is 12. The monoisotopic (exact) mass is 1650 g/mol. The number of aromatic hydroxyl groups is 1. The van der Waals surface area contributed by atoms with Crippen LogP contribution in [0.25, 0.3) is 10.8 Å². The molecule has 118 heavy (non-hydrogen) atoms. The quantitative estimate of drug-likeness (QED) is 0.0243. The summed E-state index contributed by atoms with van der Waals surface area (Å²) >= 11 is 6.32. The van der Waals surface area contributed by atoms with Gasteiger partial charge in [0.1, 0.15) is 66.2 Å². The molecule has 6 aromatic rings.